The van der Waals surface area contributed by atoms with Gasteiger partial charge in [0.2, 0.25) is 5.91 Å². The average Bonchev–Trinajstić information content (AvgIpc) is 2.42. The van der Waals surface area contributed by atoms with Gasteiger partial charge in [-0.2, -0.15) is 0 Å². The van der Waals surface area contributed by atoms with Crippen LogP contribution < -0.4 is 11.1 Å². The Bertz CT molecular complexity index is 382. The lowest BCUT2D eigenvalue weighted by Crippen LogP contribution is -2.53. The van der Waals surface area contributed by atoms with Crippen LogP contribution in [0.15, 0.2) is 0 Å². The Morgan fingerprint density at radius 1 is 1.21 bits per heavy atom. The molecule has 19 heavy (non-hydrogen) atoms. The molecule has 0 unspecified atom stereocenters. The van der Waals surface area contributed by atoms with Gasteiger partial charge in [0.25, 0.3) is 0 Å². The van der Waals surface area contributed by atoms with Gasteiger partial charge in [0, 0.05) is 28.3 Å². The van der Waals surface area contributed by atoms with Crippen molar-refractivity contribution < 1.29 is 9.00 Å². The summed E-state index contributed by atoms with van der Waals surface area (Å²) < 4.78 is 11.3. The Kier molecular flexibility index (Phi) is 4.95. The molecular weight excluding hydrogens is 280 g/mol. The smallest absolute Gasteiger partial charge is 0.233 e. The standard InChI is InChI=1S/C13H22N2O2S2/c14-11(18)13(6-2-1-3-7-13)12(16)15-10-4-8-19(17)9-5-10/h10H,1-9H2,(H2,14,18)(H,15,16). The molecule has 6 heteroatoms. The second-order valence-electron chi connectivity index (χ2n) is 5.60. The van der Waals surface area contributed by atoms with Gasteiger partial charge < -0.3 is 11.1 Å². The van der Waals surface area contributed by atoms with Crippen LogP contribution in [0.5, 0.6) is 0 Å². The fraction of sp³-hybridized carbons (Fsp3) is 0.846. The molecule has 0 radical (unpaired) electrons. The molecule has 1 aliphatic carbocycles. The molecule has 3 N–H and O–H groups in total. The average molecular weight is 302 g/mol. The van der Waals surface area contributed by atoms with Crippen LogP contribution in [-0.4, -0.2) is 32.7 Å². The van der Waals surface area contributed by atoms with E-state index in [1.54, 1.807) is 0 Å². The molecule has 1 amide bonds. The van der Waals surface area contributed by atoms with Crippen LogP contribution in [0, 0.1) is 5.41 Å². The number of nitrogens with two attached hydrogens (primary N) is 1. The van der Waals surface area contributed by atoms with Crippen molar-refractivity contribution in [3.63, 3.8) is 0 Å². The van der Waals surface area contributed by atoms with E-state index < -0.39 is 16.2 Å². The normalized spacial score (nSPS) is 30.5. The molecule has 1 aliphatic heterocycles. The molecule has 0 bridgehead atoms. The first-order chi connectivity index (χ1) is 9.04. The fourth-order valence-corrected chi connectivity index (χ4v) is 4.60. The maximum atomic E-state index is 12.6. The number of hydrogen-bond donors (Lipinski definition) is 2. The van der Waals surface area contributed by atoms with Crippen molar-refractivity contribution in [2.45, 2.75) is 51.0 Å². The van der Waals surface area contributed by atoms with Crippen molar-refractivity contribution in [3.05, 3.63) is 0 Å². The highest BCUT2D eigenvalue weighted by molar-refractivity contribution is 7.85. The Morgan fingerprint density at radius 3 is 2.32 bits per heavy atom. The van der Waals surface area contributed by atoms with Gasteiger partial charge >= 0.3 is 0 Å². The van der Waals surface area contributed by atoms with Crippen molar-refractivity contribution >= 4 is 33.9 Å². The highest BCUT2D eigenvalue weighted by atomic mass is 32.2. The van der Waals surface area contributed by atoms with Crippen molar-refractivity contribution in [2.24, 2.45) is 11.1 Å². The Balaban J connectivity index is 2.00. The highest BCUT2D eigenvalue weighted by Gasteiger charge is 2.43. The van der Waals surface area contributed by atoms with Crippen molar-refractivity contribution in [3.8, 4) is 0 Å². The van der Waals surface area contributed by atoms with Crippen molar-refractivity contribution in [2.75, 3.05) is 11.5 Å². The topological polar surface area (TPSA) is 72.2 Å². The first-order valence-electron chi connectivity index (χ1n) is 7.00. The van der Waals surface area contributed by atoms with Crippen LogP contribution in [0.2, 0.25) is 0 Å². The number of carbonyl (C=O) groups excluding carboxylic acids is 1. The zero-order valence-electron chi connectivity index (χ0n) is 11.2. The van der Waals surface area contributed by atoms with Crippen LogP contribution in [0.4, 0.5) is 0 Å². The van der Waals surface area contributed by atoms with E-state index in [2.05, 4.69) is 5.32 Å². The summed E-state index contributed by atoms with van der Waals surface area (Å²) in [6, 6.07) is 0.137. The monoisotopic (exact) mass is 302 g/mol. The van der Waals surface area contributed by atoms with E-state index in [4.69, 9.17) is 18.0 Å². The minimum atomic E-state index is -0.701. The quantitative estimate of drug-likeness (QED) is 0.770. The van der Waals surface area contributed by atoms with Gasteiger partial charge in [-0.3, -0.25) is 9.00 Å². The first kappa shape index (κ1) is 14.9. The number of hydrogen-bond acceptors (Lipinski definition) is 3. The minimum absolute atomic E-state index is 0.00242. The van der Waals surface area contributed by atoms with Gasteiger partial charge in [-0.15, -0.1) is 0 Å². The van der Waals surface area contributed by atoms with E-state index in [0.717, 1.165) is 44.9 Å². The Morgan fingerprint density at radius 2 is 1.79 bits per heavy atom. The summed E-state index contributed by atoms with van der Waals surface area (Å²) in [5.41, 5.74) is 5.22. The lowest BCUT2D eigenvalue weighted by atomic mass is 9.73. The molecule has 4 nitrogen and oxygen atoms in total. The van der Waals surface area contributed by atoms with Gasteiger partial charge in [0.15, 0.2) is 0 Å². The van der Waals surface area contributed by atoms with Gasteiger partial charge in [0.1, 0.15) is 0 Å². The molecule has 2 aliphatic rings. The number of amides is 1. The predicted molar refractivity (Wildman–Crippen MR) is 81.3 cm³/mol. The molecule has 0 aromatic carbocycles. The summed E-state index contributed by atoms with van der Waals surface area (Å²) in [4.78, 5) is 12.9. The molecule has 0 atom stereocenters. The zero-order chi connectivity index (χ0) is 13.9. The molecule has 2 fully saturated rings. The summed E-state index contributed by atoms with van der Waals surface area (Å²) in [5, 5.41) is 3.09. The molecule has 1 saturated heterocycles. The van der Waals surface area contributed by atoms with E-state index in [-0.39, 0.29) is 11.9 Å². The molecule has 2 rings (SSSR count). The third-order valence-electron chi connectivity index (χ3n) is 4.34. The highest BCUT2D eigenvalue weighted by Crippen LogP contribution is 2.37. The molecule has 0 spiro atoms. The number of thiocarbonyl (C=S) groups is 1. The SMILES string of the molecule is NC(=S)C1(C(=O)NC2CCS(=O)CC2)CCCCC1. The van der Waals surface area contributed by atoms with Crippen LogP contribution in [-0.2, 0) is 15.6 Å². The number of nitrogens with one attached hydrogen (secondary N) is 1. The van der Waals surface area contributed by atoms with Gasteiger partial charge in [-0.25, -0.2) is 0 Å². The molecule has 108 valence electrons. The molecule has 0 aromatic heterocycles. The molecular formula is C13H22N2O2S2. The van der Waals surface area contributed by atoms with E-state index in [1.807, 2.05) is 0 Å². The van der Waals surface area contributed by atoms with E-state index in [9.17, 15) is 9.00 Å². The van der Waals surface area contributed by atoms with Gasteiger partial charge in [-0.1, -0.05) is 31.5 Å². The van der Waals surface area contributed by atoms with E-state index in [1.165, 1.54) is 0 Å². The third kappa shape index (κ3) is 3.34. The Labute approximate surface area is 122 Å². The fourth-order valence-electron chi connectivity index (χ4n) is 3.00. The molecule has 1 saturated carbocycles. The number of rotatable bonds is 3. The second kappa shape index (κ2) is 6.31. The van der Waals surface area contributed by atoms with Crippen molar-refractivity contribution in [1.29, 1.82) is 0 Å². The molecule has 0 aromatic rings. The number of carbonyl (C=O) groups is 1. The van der Waals surface area contributed by atoms with Crippen molar-refractivity contribution in [1.82, 2.24) is 5.32 Å². The Hall–Kier alpha value is -0.490. The maximum absolute atomic E-state index is 12.6. The summed E-state index contributed by atoms with van der Waals surface area (Å²) in [5.74, 6) is 1.37. The maximum Gasteiger partial charge on any atom is 0.233 e. The summed E-state index contributed by atoms with van der Waals surface area (Å²) >= 11 is 5.16. The summed E-state index contributed by atoms with van der Waals surface area (Å²) in [7, 11) is -0.701. The van der Waals surface area contributed by atoms with Crippen LogP contribution in [0.1, 0.15) is 44.9 Å². The largest absolute Gasteiger partial charge is 0.392 e. The summed E-state index contributed by atoms with van der Waals surface area (Å²) in [6.07, 6.45) is 6.32. The van der Waals surface area contributed by atoms with E-state index in [0.29, 0.717) is 16.5 Å². The van der Waals surface area contributed by atoms with Gasteiger partial charge in [-0.05, 0) is 25.7 Å². The first-order valence-corrected chi connectivity index (χ1v) is 8.90. The van der Waals surface area contributed by atoms with E-state index >= 15 is 0 Å². The lowest BCUT2D eigenvalue weighted by Gasteiger charge is -2.36. The van der Waals surface area contributed by atoms with Crippen LogP contribution >= 0.6 is 12.2 Å². The second-order valence-corrected chi connectivity index (χ2v) is 7.74. The summed E-state index contributed by atoms with van der Waals surface area (Å²) in [6.45, 7) is 0. The zero-order valence-corrected chi connectivity index (χ0v) is 12.8. The lowest BCUT2D eigenvalue weighted by molar-refractivity contribution is -0.129. The van der Waals surface area contributed by atoms with Crippen LogP contribution in [0.3, 0.4) is 0 Å². The van der Waals surface area contributed by atoms with Gasteiger partial charge in [0.05, 0.1) is 10.4 Å². The minimum Gasteiger partial charge on any atom is -0.392 e. The molecule has 1 heterocycles. The third-order valence-corrected chi connectivity index (χ3v) is 6.11. The van der Waals surface area contributed by atoms with Crippen LogP contribution in [0.25, 0.3) is 0 Å². The predicted octanol–water partition coefficient (Wildman–Crippen LogP) is 1.25.